The maximum Gasteiger partial charge on any atom is 0.471 e. The molecule has 1 amide bonds. The summed E-state index contributed by atoms with van der Waals surface area (Å²) in [5.74, 6) is -2.46. The molecule has 1 N–H and O–H groups in total. The molecular weight excluding hydrogens is 365 g/mol. The Bertz CT molecular complexity index is 743. The molecule has 0 aliphatic heterocycles. The van der Waals surface area contributed by atoms with E-state index in [1.165, 1.54) is 40.7 Å². The molecule has 2 aromatic rings. The van der Waals surface area contributed by atoms with Crippen LogP contribution in [-0.4, -0.2) is 28.4 Å². The number of aromatic nitrogens is 2. The fraction of sp³-hybridized carbons (Fsp3) is 0.333. The minimum absolute atomic E-state index is 0.105. The lowest BCUT2D eigenvalue weighted by atomic mass is 10.3. The van der Waals surface area contributed by atoms with Crippen LogP contribution in [0.5, 0.6) is 0 Å². The molecule has 1 aromatic carbocycles. The van der Waals surface area contributed by atoms with Crippen LogP contribution in [0.1, 0.15) is 11.4 Å². The zero-order valence-electron chi connectivity index (χ0n) is 13.0. The standard InChI is InChI=1S/C15H14F5N3OS/c1-9-13(25-11-4-2-10(17)3-5-11)12(8-16)23(22-9)7-6-21-14(24)15(18,19)20/h2-5H,6-8H2,1H3,(H,21,24). The Hall–Kier alpha value is -2.10. The summed E-state index contributed by atoms with van der Waals surface area (Å²) in [5, 5.41) is 5.81. The van der Waals surface area contributed by atoms with Crippen molar-refractivity contribution in [2.45, 2.75) is 36.1 Å². The van der Waals surface area contributed by atoms with Crippen molar-refractivity contribution in [2.24, 2.45) is 0 Å². The summed E-state index contributed by atoms with van der Waals surface area (Å²) in [5.41, 5.74) is 0.678. The first-order valence-corrected chi connectivity index (χ1v) is 7.94. The Morgan fingerprint density at radius 1 is 1.28 bits per heavy atom. The Labute approximate surface area is 144 Å². The smallest absolute Gasteiger partial charge is 0.346 e. The van der Waals surface area contributed by atoms with Gasteiger partial charge >= 0.3 is 12.1 Å². The van der Waals surface area contributed by atoms with Gasteiger partial charge in [-0.05, 0) is 31.2 Å². The van der Waals surface area contributed by atoms with E-state index in [-0.39, 0.29) is 18.8 Å². The molecule has 0 fully saturated rings. The van der Waals surface area contributed by atoms with Crippen LogP contribution in [0.15, 0.2) is 34.1 Å². The average molecular weight is 379 g/mol. The normalized spacial score (nSPS) is 11.6. The fourth-order valence-corrected chi connectivity index (χ4v) is 3.03. The van der Waals surface area contributed by atoms with E-state index < -0.39 is 24.6 Å². The molecule has 0 spiro atoms. The molecule has 0 saturated carbocycles. The Kier molecular flexibility index (Phi) is 6.04. The Morgan fingerprint density at radius 3 is 2.48 bits per heavy atom. The van der Waals surface area contributed by atoms with Crippen molar-refractivity contribution in [3.05, 3.63) is 41.5 Å². The molecule has 1 heterocycles. The lowest BCUT2D eigenvalue weighted by Crippen LogP contribution is -2.38. The number of hydrogen-bond donors (Lipinski definition) is 1. The van der Waals surface area contributed by atoms with Gasteiger partial charge in [0.15, 0.2) is 0 Å². The lowest BCUT2D eigenvalue weighted by molar-refractivity contribution is -0.173. The molecule has 25 heavy (non-hydrogen) atoms. The number of alkyl halides is 4. The van der Waals surface area contributed by atoms with Crippen molar-refractivity contribution in [1.29, 1.82) is 0 Å². The zero-order chi connectivity index (χ0) is 18.6. The van der Waals surface area contributed by atoms with Crippen LogP contribution in [0.4, 0.5) is 22.0 Å². The monoisotopic (exact) mass is 379 g/mol. The van der Waals surface area contributed by atoms with Gasteiger partial charge in [0.2, 0.25) is 0 Å². The highest BCUT2D eigenvalue weighted by atomic mass is 32.2. The van der Waals surface area contributed by atoms with Crippen LogP contribution in [0, 0.1) is 12.7 Å². The summed E-state index contributed by atoms with van der Waals surface area (Å²) in [6, 6.07) is 5.60. The largest absolute Gasteiger partial charge is 0.471 e. The molecule has 0 aliphatic rings. The van der Waals surface area contributed by atoms with E-state index in [9.17, 15) is 26.7 Å². The van der Waals surface area contributed by atoms with Gasteiger partial charge in [0.1, 0.15) is 12.5 Å². The average Bonchev–Trinajstić information content (AvgIpc) is 2.83. The number of amides is 1. The highest BCUT2D eigenvalue weighted by Gasteiger charge is 2.38. The van der Waals surface area contributed by atoms with E-state index in [0.717, 1.165) is 0 Å². The quantitative estimate of drug-likeness (QED) is 0.780. The van der Waals surface area contributed by atoms with E-state index >= 15 is 0 Å². The first-order chi connectivity index (χ1) is 11.7. The van der Waals surface area contributed by atoms with E-state index in [1.807, 2.05) is 0 Å². The number of halogens is 5. The van der Waals surface area contributed by atoms with Crippen LogP contribution < -0.4 is 5.32 Å². The molecule has 2 rings (SSSR count). The van der Waals surface area contributed by atoms with E-state index in [4.69, 9.17) is 0 Å². The molecule has 0 radical (unpaired) electrons. The summed E-state index contributed by atoms with van der Waals surface area (Å²) in [6.07, 6.45) is -4.97. The minimum atomic E-state index is -4.97. The maximum atomic E-state index is 13.4. The molecule has 0 aliphatic carbocycles. The SMILES string of the molecule is Cc1nn(CCNC(=O)C(F)(F)F)c(CF)c1Sc1ccc(F)cc1. The van der Waals surface area contributed by atoms with Gasteiger partial charge in [-0.15, -0.1) is 0 Å². The highest BCUT2D eigenvalue weighted by molar-refractivity contribution is 7.99. The minimum Gasteiger partial charge on any atom is -0.346 e. The van der Waals surface area contributed by atoms with Crippen LogP contribution in [-0.2, 0) is 18.0 Å². The number of aryl methyl sites for hydroxylation is 1. The van der Waals surface area contributed by atoms with Gasteiger partial charge in [-0.1, -0.05) is 11.8 Å². The Morgan fingerprint density at radius 2 is 1.92 bits per heavy atom. The summed E-state index contributed by atoms with van der Waals surface area (Å²) in [7, 11) is 0. The second-order valence-electron chi connectivity index (χ2n) is 5.03. The first-order valence-electron chi connectivity index (χ1n) is 7.13. The van der Waals surface area contributed by atoms with Crippen molar-refractivity contribution >= 4 is 17.7 Å². The number of hydrogen-bond acceptors (Lipinski definition) is 3. The van der Waals surface area contributed by atoms with E-state index in [1.54, 1.807) is 12.2 Å². The van der Waals surface area contributed by atoms with E-state index in [0.29, 0.717) is 15.5 Å². The zero-order valence-corrected chi connectivity index (χ0v) is 13.8. The van der Waals surface area contributed by atoms with Gasteiger partial charge in [-0.2, -0.15) is 18.3 Å². The third-order valence-corrected chi connectivity index (χ3v) is 4.44. The summed E-state index contributed by atoms with van der Waals surface area (Å²) in [6.45, 7) is 0.312. The van der Waals surface area contributed by atoms with Crippen LogP contribution >= 0.6 is 11.8 Å². The van der Waals surface area contributed by atoms with Crippen molar-refractivity contribution in [1.82, 2.24) is 15.1 Å². The number of nitrogens with zero attached hydrogens (tertiary/aromatic N) is 2. The van der Waals surface area contributed by atoms with Gasteiger partial charge in [0, 0.05) is 11.4 Å². The third kappa shape index (κ3) is 4.94. The Balaban J connectivity index is 2.10. The number of benzene rings is 1. The summed E-state index contributed by atoms with van der Waals surface area (Å²) < 4.78 is 64.0. The fourth-order valence-electron chi connectivity index (χ4n) is 2.06. The van der Waals surface area contributed by atoms with Gasteiger partial charge in [0.25, 0.3) is 0 Å². The first kappa shape index (κ1) is 19.2. The number of carbonyl (C=O) groups is 1. The molecule has 4 nitrogen and oxygen atoms in total. The maximum absolute atomic E-state index is 13.4. The lowest BCUT2D eigenvalue weighted by Gasteiger charge is -2.09. The van der Waals surface area contributed by atoms with Crippen molar-refractivity contribution in [3.63, 3.8) is 0 Å². The van der Waals surface area contributed by atoms with Crippen molar-refractivity contribution in [2.75, 3.05) is 6.54 Å². The predicted octanol–water partition coefficient (Wildman–Crippen LogP) is 3.63. The molecule has 0 saturated heterocycles. The van der Waals surface area contributed by atoms with Gasteiger partial charge in [0.05, 0.1) is 22.8 Å². The molecule has 10 heteroatoms. The number of nitrogens with one attached hydrogen (secondary N) is 1. The van der Waals surface area contributed by atoms with Gasteiger partial charge in [-0.3, -0.25) is 9.48 Å². The molecule has 1 aromatic heterocycles. The van der Waals surface area contributed by atoms with Crippen LogP contribution in [0.2, 0.25) is 0 Å². The second-order valence-corrected chi connectivity index (χ2v) is 6.11. The van der Waals surface area contributed by atoms with Crippen LogP contribution in [0.3, 0.4) is 0 Å². The van der Waals surface area contributed by atoms with E-state index in [2.05, 4.69) is 5.10 Å². The van der Waals surface area contributed by atoms with Gasteiger partial charge < -0.3 is 5.32 Å². The van der Waals surface area contributed by atoms with Crippen molar-refractivity contribution in [3.8, 4) is 0 Å². The molecule has 0 atom stereocenters. The third-order valence-electron chi connectivity index (χ3n) is 3.20. The summed E-state index contributed by atoms with van der Waals surface area (Å²) >= 11 is 1.18. The van der Waals surface area contributed by atoms with Crippen molar-refractivity contribution < 1.29 is 26.7 Å². The molecule has 136 valence electrons. The summed E-state index contributed by atoms with van der Waals surface area (Å²) in [4.78, 5) is 12.0. The number of rotatable bonds is 6. The molecule has 0 unspecified atom stereocenters. The molecule has 0 bridgehead atoms. The number of carbonyl (C=O) groups excluding carboxylic acids is 1. The molecular formula is C15H14F5N3OS. The van der Waals surface area contributed by atoms with Crippen LogP contribution in [0.25, 0.3) is 0 Å². The van der Waals surface area contributed by atoms with Gasteiger partial charge in [-0.25, -0.2) is 8.78 Å². The highest BCUT2D eigenvalue weighted by Crippen LogP contribution is 2.33. The predicted molar refractivity (Wildman–Crippen MR) is 81.4 cm³/mol. The second kappa shape index (κ2) is 7.85. The topological polar surface area (TPSA) is 46.9 Å².